The Morgan fingerprint density at radius 3 is 2.83 bits per heavy atom. The monoisotopic (exact) mass is 402 g/mol. The number of hydrogen-bond donors (Lipinski definition) is 0. The van der Waals surface area contributed by atoms with Gasteiger partial charge < -0.3 is 9.64 Å². The normalized spacial score (nSPS) is 20.0. The predicted molar refractivity (Wildman–Crippen MR) is 104 cm³/mol. The summed E-state index contributed by atoms with van der Waals surface area (Å²) in [6, 6.07) is 5.22. The summed E-state index contributed by atoms with van der Waals surface area (Å²) in [6.07, 6.45) is 1.35. The van der Waals surface area contributed by atoms with Gasteiger partial charge in [-0.3, -0.25) is 0 Å². The van der Waals surface area contributed by atoms with E-state index in [2.05, 4.69) is 31.9 Å². The Morgan fingerprint density at radius 2 is 2.07 bits per heavy atom. The van der Waals surface area contributed by atoms with Gasteiger partial charge in [-0.25, -0.2) is 23.3 Å². The zero-order chi connectivity index (χ0) is 20.5. The summed E-state index contributed by atoms with van der Waals surface area (Å²) in [5, 5.41) is 4.22. The van der Waals surface area contributed by atoms with Gasteiger partial charge in [0.05, 0.1) is 11.8 Å². The average molecular weight is 402 g/mol. The van der Waals surface area contributed by atoms with Gasteiger partial charge in [-0.1, -0.05) is 6.92 Å². The fourth-order valence-electron chi connectivity index (χ4n) is 3.84. The second-order valence-electron chi connectivity index (χ2n) is 7.69. The van der Waals surface area contributed by atoms with Gasteiger partial charge in [-0.05, 0) is 44.4 Å². The molecule has 3 aromatic rings. The zero-order valence-corrected chi connectivity index (χ0v) is 16.7. The molecule has 0 aliphatic carbocycles. The van der Waals surface area contributed by atoms with Gasteiger partial charge in [0, 0.05) is 25.2 Å². The van der Waals surface area contributed by atoms with Crippen LogP contribution in [-0.4, -0.2) is 43.8 Å². The summed E-state index contributed by atoms with van der Waals surface area (Å²) >= 11 is 0. The lowest BCUT2D eigenvalue weighted by Gasteiger charge is -2.38. The molecule has 1 aliphatic heterocycles. The minimum Gasteiger partial charge on any atom is -0.487 e. The third kappa shape index (κ3) is 3.86. The van der Waals surface area contributed by atoms with Crippen molar-refractivity contribution < 1.29 is 13.5 Å². The van der Waals surface area contributed by atoms with Crippen molar-refractivity contribution in [2.45, 2.75) is 45.6 Å². The molecular formula is C20H24F2N6O. The van der Waals surface area contributed by atoms with Gasteiger partial charge in [0.15, 0.2) is 11.6 Å². The molecule has 29 heavy (non-hydrogen) atoms. The lowest BCUT2D eigenvalue weighted by atomic mass is 9.84. The van der Waals surface area contributed by atoms with Gasteiger partial charge in [-0.15, -0.1) is 0 Å². The summed E-state index contributed by atoms with van der Waals surface area (Å²) in [4.78, 5) is 14.7. The van der Waals surface area contributed by atoms with Gasteiger partial charge >= 0.3 is 0 Å². The second kappa shape index (κ2) is 7.88. The Labute approximate surface area is 167 Å². The fraction of sp³-hybridized carbons (Fsp3) is 0.500. The highest BCUT2D eigenvalue weighted by atomic mass is 19.3. The molecule has 0 aromatic carbocycles. The fourth-order valence-corrected chi connectivity index (χ4v) is 3.84. The number of rotatable bonds is 5. The molecule has 3 aromatic heterocycles. The molecule has 0 bridgehead atoms. The Bertz CT molecular complexity index is 992. The minimum atomic E-state index is -2.66. The number of anilines is 1. The highest BCUT2D eigenvalue weighted by molar-refractivity contribution is 5.53. The van der Waals surface area contributed by atoms with Crippen molar-refractivity contribution in [2.75, 3.05) is 18.0 Å². The second-order valence-corrected chi connectivity index (χ2v) is 7.69. The Balaban J connectivity index is 1.71. The van der Waals surface area contributed by atoms with Crippen molar-refractivity contribution in [1.82, 2.24) is 24.6 Å². The molecule has 0 N–H and O–H groups in total. The van der Waals surface area contributed by atoms with E-state index in [0.717, 1.165) is 24.5 Å². The maximum absolute atomic E-state index is 13.4. The molecule has 4 heterocycles. The number of alkyl halides is 2. The number of piperidine rings is 1. The highest BCUT2D eigenvalue weighted by Crippen LogP contribution is 2.37. The number of fused-ring (bicyclic) bond motifs is 1. The average Bonchev–Trinajstić information content (AvgIpc) is 3.16. The molecule has 7 nitrogen and oxygen atoms in total. The number of ether oxygens (including phenoxy) is 1. The Kier molecular flexibility index (Phi) is 5.29. The van der Waals surface area contributed by atoms with E-state index in [0.29, 0.717) is 12.2 Å². The van der Waals surface area contributed by atoms with Crippen LogP contribution in [0.2, 0.25) is 0 Å². The van der Waals surface area contributed by atoms with Crippen LogP contribution in [0.3, 0.4) is 0 Å². The highest BCUT2D eigenvalue weighted by Gasteiger charge is 2.32. The van der Waals surface area contributed by atoms with E-state index >= 15 is 0 Å². The van der Waals surface area contributed by atoms with Crippen LogP contribution in [0.25, 0.3) is 5.78 Å². The Morgan fingerprint density at radius 1 is 1.24 bits per heavy atom. The van der Waals surface area contributed by atoms with Gasteiger partial charge in [0.2, 0.25) is 0 Å². The van der Waals surface area contributed by atoms with Crippen LogP contribution in [0.1, 0.15) is 50.9 Å². The quantitative estimate of drug-likeness (QED) is 0.645. The summed E-state index contributed by atoms with van der Waals surface area (Å²) in [5.41, 5.74) is 0.425. The van der Waals surface area contributed by atoms with Crippen molar-refractivity contribution in [3.05, 3.63) is 42.1 Å². The van der Waals surface area contributed by atoms with Crippen LogP contribution in [-0.2, 0) is 0 Å². The van der Waals surface area contributed by atoms with Crippen LogP contribution in [0, 0.1) is 5.92 Å². The van der Waals surface area contributed by atoms with Crippen molar-refractivity contribution in [2.24, 2.45) is 5.92 Å². The molecule has 154 valence electrons. The van der Waals surface area contributed by atoms with E-state index in [1.165, 1.54) is 12.4 Å². The van der Waals surface area contributed by atoms with Crippen molar-refractivity contribution >= 4 is 11.6 Å². The van der Waals surface area contributed by atoms with Gasteiger partial charge in [-0.2, -0.15) is 10.1 Å². The molecule has 1 unspecified atom stereocenters. The molecule has 4 rings (SSSR count). The Hall–Kier alpha value is -2.84. The predicted octanol–water partition coefficient (Wildman–Crippen LogP) is 3.87. The molecule has 1 fully saturated rings. The van der Waals surface area contributed by atoms with Crippen LogP contribution >= 0.6 is 0 Å². The standard InChI is InChI=1S/C20H24F2N6O/c1-12(2)29-17-5-4-7-23-19(17)27-8-6-13(3)14(10-27)16-9-15(18(21)22)26-20-24-11-25-28(16)20/h4-5,7,9,11-14,18H,6,8,10H2,1-3H3/t13-,14?/m1/s1. The first kappa shape index (κ1) is 19.5. The van der Waals surface area contributed by atoms with E-state index < -0.39 is 6.43 Å². The largest absolute Gasteiger partial charge is 0.487 e. The molecule has 0 radical (unpaired) electrons. The molecule has 1 saturated heterocycles. The van der Waals surface area contributed by atoms with Crippen LogP contribution in [0.4, 0.5) is 14.6 Å². The maximum Gasteiger partial charge on any atom is 0.280 e. The maximum atomic E-state index is 13.4. The number of hydrogen-bond acceptors (Lipinski definition) is 6. The van der Waals surface area contributed by atoms with Crippen molar-refractivity contribution in [3.8, 4) is 5.75 Å². The summed E-state index contributed by atoms with van der Waals surface area (Å²) in [5.74, 6) is 1.96. The topological polar surface area (TPSA) is 68.4 Å². The number of aromatic nitrogens is 5. The smallest absolute Gasteiger partial charge is 0.280 e. The van der Waals surface area contributed by atoms with Crippen LogP contribution in [0.15, 0.2) is 30.7 Å². The molecule has 0 amide bonds. The third-order valence-electron chi connectivity index (χ3n) is 5.27. The molecule has 1 aliphatic rings. The van der Waals surface area contributed by atoms with Crippen LogP contribution in [0.5, 0.6) is 5.75 Å². The van der Waals surface area contributed by atoms with Crippen molar-refractivity contribution in [3.63, 3.8) is 0 Å². The van der Waals surface area contributed by atoms with Crippen LogP contribution < -0.4 is 9.64 Å². The SMILES string of the molecule is CC(C)Oc1cccnc1N1CC[C@@H](C)C(c2cc(C(F)F)nc3ncnn23)C1. The summed E-state index contributed by atoms with van der Waals surface area (Å²) < 4.78 is 34.3. The first-order chi connectivity index (χ1) is 13.9. The first-order valence-corrected chi connectivity index (χ1v) is 9.79. The molecule has 0 spiro atoms. The van der Waals surface area contributed by atoms with E-state index in [-0.39, 0.29) is 29.4 Å². The van der Waals surface area contributed by atoms with E-state index in [1.54, 1.807) is 10.7 Å². The van der Waals surface area contributed by atoms with Crippen molar-refractivity contribution in [1.29, 1.82) is 0 Å². The number of pyridine rings is 1. The molecule has 9 heteroatoms. The zero-order valence-electron chi connectivity index (χ0n) is 16.7. The van der Waals surface area contributed by atoms with E-state index in [9.17, 15) is 8.78 Å². The first-order valence-electron chi connectivity index (χ1n) is 9.79. The van der Waals surface area contributed by atoms with E-state index in [1.807, 2.05) is 26.0 Å². The van der Waals surface area contributed by atoms with Gasteiger partial charge in [0.1, 0.15) is 12.0 Å². The minimum absolute atomic E-state index is 0.0256. The lowest BCUT2D eigenvalue weighted by molar-refractivity contribution is 0.146. The molecule has 0 saturated carbocycles. The summed E-state index contributed by atoms with van der Waals surface area (Å²) in [6.45, 7) is 7.52. The van der Waals surface area contributed by atoms with Gasteiger partial charge in [0.25, 0.3) is 12.2 Å². The third-order valence-corrected chi connectivity index (χ3v) is 5.27. The number of halogens is 2. The lowest BCUT2D eigenvalue weighted by Crippen LogP contribution is -2.40. The van der Waals surface area contributed by atoms with E-state index in [4.69, 9.17) is 4.74 Å². The molecule has 2 atom stereocenters. The summed E-state index contributed by atoms with van der Waals surface area (Å²) in [7, 11) is 0. The molecular weight excluding hydrogens is 378 g/mol. The number of nitrogens with zero attached hydrogens (tertiary/aromatic N) is 6.